The lowest BCUT2D eigenvalue weighted by atomic mass is 9.98. The zero-order valence-corrected chi connectivity index (χ0v) is 15.9. The normalized spacial score (nSPS) is 17.3. The van der Waals surface area contributed by atoms with Gasteiger partial charge in [0.15, 0.2) is 5.82 Å². The van der Waals surface area contributed by atoms with Crippen LogP contribution in [0.1, 0.15) is 0 Å². The van der Waals surface area contributed by atoms with Crippen molar-refractivity contribution >= 4 is 17.7 Å². The highest BCUT2D eigenvalue weighted by Gasteiger charge is 2.37. The first-order valence-corrected chi connectivity index (χ1v) is 9.66. The Balaban J connectivity index is 1.16. The Morgan fingerprint density at radius 2 is 1.62 bits per heavy atom. The van der Waals surface area contributed by atoms with Crippen molar-refractivity contribution in [3.63, 3.8) is 0 Å². The predicted octanol–water partition coefficient (Wildman–Crippen LogP) is 0.237. The van der Waals surface area contributed by atoms with Gasteiger partial charge in [-0.2, -0.15) is 5.10 Å². The molecule has 5 heterocycles. The van der Waals surface area contributed by atoms with Gasteiger partial charge in [0.05, 0.1) is 5.92 Å². The van der Waals surface area contributed by atoms with Gasteiger partial charge in [0.25, 0.3) is 0 Å². The van der Waals surface area contributed by atoms with Gasteiger partial charge in [-0.25, -0.2) is 24.6 Å². The second-order valence-electron chi connectivity index (χ2n) is 7.15. The largest absolute Gasteiger partial charge is 0.355 e. The maximum Gasteiger partial charge on any atom is 0.229 e. The van der Waals surface area contributed by atoms with Crippen molar-refractivity contribution in [1.82, 2.24) is 34.6 Å². The van der Waals surface area contributed by atoms with Crippen molar-refractivity contribution in [1.29, 1.82) is 0 Å². The number of aromatic nitrogens is 6. The van der Waals surface area contributed by atoms with Crippen LogP contribution in [0.4, 0.5) is 11.8 Å². The van der Waals surface area contributed by atoms with Crippen molar-refractivity contribution in [3.8, 4) is 5.82 Å². The Morgan fingerprint density at radius 1 is 0.862 bits per heavy atom. The highest BCUT2D eigenvalue weighted by Crippen LogP contribution is 2.25. The van der Waals surface area contributed by atoms with Crippen LogP contribution in [-0.2, 0) is 4.79 Å². The summed E-state index contributed by atoms with van der Waals surface area (Å²) < 4.78 is 1.70. The van der Waals surface area contributed by atoms with Crippen LogP contribution in [0.3, 0.4) is 0 Å². The van der Waals surface area contributed by atoms with Gasteiger partial charge in [0.1, 0.15) is 12.1 Å². The van der Waals surface area contributed by atoms with E-state index in [0.29, 0.717) is 32.0 Å². The van der Waals surface area contributed by atoms with Crippen molar-refractivity contribution in [2.24, 2.45) is 5.92 Å². The molecule has 10 nitrogen and oxygen atoms in total. The number of nitrogens with zero attached hydrogens (tertiary/aromatic N) is 9. The van der Waals surface area contributed by atoms with Crippen molar-refractivity contribution in [2.75, 3.05) is 49.1 Å². The zero-order chi connectivity index (χ0) is 19.6. The molecule has 0 N–H and O–H groups in total. The molecule has 5 rings (SSSR count). The van der Waals surface area contributed by atoms with E-state index >= 15 is 0 Å². The molecule has 0 unspecified atom stereocenters. The van der Waals surface area contributed by atoms with Crippen LogP contribution in [0.25, 0.3) is 5.82 Å². The summed E-state index contributed by atoms with van der Waals surface area (Å²) >= 11 is 0. The SMILES string of the molecule is O=C(C1CN(c2cc(-n3cccn3)ncn2)C1)N1CCN(c2ncccn2)CC1. The molecule has 0 aromatic carbocycles. The average Bonchev–Trinajstić information content (AvgIpc) is 3.29. The molecule has 2 aliphatic rings. The quantitative estimate of drug-likeness (QED) is 0.624. The molecule has 29 heavy (non-hydrogen) atoms. The van der Waals surface area contributed by atoms with Gasteiger partial charge in [-0.05, 0) is 12.1 Å². The zero-order valence-electron chi connectivity index (χ0n) is 15.9. The molecule has 2 aliphatic heterocycles. The summed E-state index contributed by atoms with van der Waals surface area (Å²) in [7, 11) is 0. The fraction of sp³-hybridized carbons (Fsp3) is 0.368. The summed E-state index contributed by atoms with van der Waals surface area (Å²) in [5, 5.41) is 4.20. The number of rotatable bonds is 4. The van der Waals surface area contributed by atoms with Crippen LogP contribution in [0.5, 0.6) is 0 Å². The molecule has 1 amide bonds. The summed E-state index contributed by atoms with van der Waals surface area (Å²) in [5.41, 5.74) is 0. The van der Waals surface area contributed by atoms with E-state index in [1.807, 2.05) is 23.2 Å². The maximum atomic E-state index is 12.9. The predicted molar refractivity (Wildman–Crippen MR) is 106 cm³/mol. The molecular formula is C19H21N9O. The first kappa shape index (κ1) is 17.5. The van der Waals surface area contributed by atoms with Crippen LogP contribution < -0.4 is 9.80 Å². The second kappa shape index (κ2) is 7.46. The van der Waals surface area contributed by atoms with Gasteiger partial charge in [-0.1, -0.05) is 0 Å². The van der Waals surface area contributed by atoms with Crippen LogP contribution in [0, 0.1) is 5.92 Å². The number of anilines is 2. The summed E-state index contributed by atoms with van der Waals surface area (Å²) in [5.74, 6) is 2.50. The maximum absolute atomic E-state index is 12.9. The minimum Gasteiger partial charge on any atom is -0.355 e. The lowest BCUT2D eigenvalue weighted by Crippen LogP contribution is -2.58. The Bertz CT molecular complexity index is 964. The van der Waals surface area contributed by atoms with E-state index in [1.165, 1.54) is 6.33 Å². The average molecular weight is 391 g/mol. The molecule has 0 bridgehead atoms. The molecule has 3 aromatic heterocycles. The van der Waals surface area contributed by atoms with E-state index in [4.69, 9.17) is 0 Å². The molecular weight excluding hydrogens is 370 g/mol. The van der Waals surface area contributed by atoms with Gasteiger partial charge >= 0.3 is 0 Å². The van der Waals surface area contributed by atoms with Crippen molar-refractivity contribution in [3.05, 3.63) is 49.3 Å². The number of amides is 1. The number of hydrogen-bond donors (Lipinski definition) is 0. The molecule has 10 heteroatoms. The summed E-state index contributed by atoms with van der Waals surface area (Å²) in [6, 6.07) is 5.55. The lowest BCUT2D eigenvalue weighted by Gasteiger charge is -2.43. The molecule has 0 saturated carbocycles. The summed E-state index contributed by atoms with van der Waals surface area (Å²) in [6.45, 7) is 4.26. The van der Waals surface area contributed by atoms with Crippen LogP contribution in [0.2, 0.25) is 0 Å². The third-order valence-corrected chi connectivity index (χ3v) is 5.36. The summed E-state index contributed by atoms with van der Waals surface area (Å²) in [4.78, 5) is 36.2. The van der Waals surface area contributed by atoms with E-state index in [9.17, 15) is 4.79 Å². The molecule has 0 radical (unpaired) electrons. The molecule has 2 saturated heterocycles. The van der Waals surface area contributed by atoms with E-state index in [1.54, 1.807) is 29.3 Å². The smallest absolute Gasteiger partial charge is 0.229 e. The molecule has 148 valence electrons. The number of piperazine rings is 1. The fourth-order valence-corrected chi connectivity index (χ4v) is 3.70. The topological polar surface area (TPSA) is 96.2 Å². The minimum absolute atomic E-state index is 0.0117. The first-order valence-electron chi connectivity index (χ1n) is 9.66. The van der Waals surface area contributed by atoms with Crippen molar-refractivity contribution in [2.45, 2.75) is 0 Å². The van der Waals surface area contributed by atoms with Gasteiger partial charge in [0.2, 0.25) is 11.9 Å². The lowest BCUT2D eigenvalue weighted by molar-refractivity contribution is -0.136. The van der Waals surface area contributed by atoms with E-state index in [0.717, 1.165) is 24.9 Å². The Kier molecular flexibility index (Phi) is 4.51. The third kappa shape index (κ3) is 3.48. The summed E-state index contributed by atoms with van der Waals surface area (Å²) in [6.07, 6.45) is 8.58. The van der Waals surface area contributed by atoms with Gasteiger partial charge in [0, 0.05) is 70.1 Å². The molecule has 2 fully saturated rings. The molecule has 0 aliphatic carbocycles. The second-order valence-corrected chi connectivity index (χ2v) is 7.15. The van der Waals surface area contributed by atoms with E-state index in [2.05, 4.69) is 34.8 Å². The van der Waals surface area contributed by atoms with E-state index in [-0.39, 0.29) is 11.8 Å². The van der Waals surface area contributed by atoms with Gasteiger partial charge in [-0.15, -0.1) is 0 Å². The number of carbonyl (C=O) groups is 1. The third-order valence-electron chi connectivity index (χ3n) is 5.36. The van der Waals surface area contributed by atoms with Crippen LogP contribution in [0.15, 0.2) is 49.3 Å². The van der Waals surface area contributed by atoms with Crippen molar-refractivity contribution < 1.29 is 4.79 Å². The minimum atomic E-state index is 0.0117. The molecule has 3 aromatic rings. The molecule has 0 atom stereocenters. The van der Waals surface area contributed by atoms with E-state index < -0.39 is 0 Å². The van der Waals surface area contributed by atoms with Gasteiger partial charge in [-0.3, -0.25) is 4.79 Å². The Labute approximate surface area is 167 Å². The standard InChI is InChI=1S/C19H21N9O/c29-18(25-7-9-26(10-8-25)19-20-3-1-4-21-19)15-12-27(13-15)16-11-17(23-14-22-16)28-6-2-5-24-28/h1-6,11,14-15H,7-10,12-13H2. The fourth-order valence-electron chi connectivity index (χ4n) is 3.70. The number of hydrogen-bond acceptors (Lipinski definition) is 8. The highest BCUT2D eigenvalue weighted by atomic mass is 16.2. The first-order chi connectivity index (χ1) is 14.3. The van der Waals surface area contributed by atoms with Crippen LogP contribution in [-0.4, -0.2) is 79.8 Å². The Hall–Kier alpha value is -3.56. The van der Waals surface area contributed by atoms with Gasteiger partial charge < -0.3 is 14.7 Å². The number of carbonyl (C=O) groups excluding carboxylic acids is 1. The molecule has 0 spiro atoms. The van der Waals surface area contributed by atoms with Crippen LogP contribution >= 0.6 is 0 Å². The monoisotopic (exact) mass is 391 g/mol. The Morgan fingerprint density at radius 3 is 2.34 bits per heavy atom. The highest BCUT2D eigenvalue weighted by molar-refractivity contribution is 5.82.